The Hall–Kier alpha value is -0.930. The fourth-order valence-electron chi connectivity index (χ4n) is 2.64. The Morgan fingerprint density at radius 3 is 2.50 bits per heavy atom. The zero-order chi connectivity index (χ0) is 13.4. The second-order valence-electron chi connectivity index (χ2n) is 4.61. The van der Waals surface area contributed by atoms with Crippen LogP contribution in [0.15, 0.2) is 24.5 Å². The van der Waals surface area contributed by atoms with E-state index in [0.717, 1.165) is 25.9 Å². The van der Waals surface area contributed by atoms with Crippen molar-refractivity contribution in [3.63, 3.8) is 0 Å². The van der Waals surface area contributed by atoms with Gasteiger partial charge in [-0.2, -0.15) is 0 Å². The summed E-state index contributed by atoms with van der Waals surface area (Å²) >= 11 is 0. The SMILES string of the molecule is CCOC(CC)(CC)C(Cc1cccnc1)NC. The van der Waals surface area contributed by atoms with E-state index < -0.39 is 0 Å². The minimum absolute atomic E-state index is 0.0840. The van der Waals surface area contributed by atoms with Crippen LogP contribution in [-0.2, 0) is 11.2 Å². The van der Waals surface area contributed by atoms with Crippen molar-refractivity contribution >= 4 is 0 Å². The number of hydrogen-bond acceptors (Lipinski definition) is 3. The lowest BCUT2D eigenvalue weighted by atomic mass is 9.84. The molecule has 1 unspecified atom stereocenters. The summed E-state index contributed by atoms with van der Waals surface area (Å²) in [5, 5.41) is 3.43. The number of rotatable bonds is 8. The van der Waals surface area contributed by atoms with Gasteiger partial charge in [0.1, 0.15) is 0 Å². The predicted molar refractivity (Wildman–Crippen MR) is 75.7 cm³/mol. The summed E-state index contributed by atoms with van der Waals surface area (Å²) in [6.45, 7) is 7.23. The van der Waals surface area contributed by atoms with Crippen LogP contribution in [0.1, 0.15) is 39.2 Å². The van der Waals surface area contributed by atoms with E-state index in [1.165, 1.54) is 5.56 Å². The highest BCUT2D eigenvalue weighted by Gasteiger charge is 2.35. The van der Waals surface area contributed by atoms with Gasteiger partial charge >= 0.3 is 0 Å². The Balaban J connectivity index is 2.85. The van der Waals surface area contributed by atoms with Crippen LogP contribution in [0.2, 0.25) is 0 Å². The molecule has 1 aromatic heterocycles. The zero-order valence-corrected chi connectivity index (χ0v) is 12.1. The molecule has 1 rings (SSSR count). The van der Waals surface area contributed by atoms with Crippen molar-refractivity contribution in [3.05, 3.63) is 30.1 Å². The summed E-state index contributed by atoms with van der Waals surface area (Å²) in [5.74, 6) is 0. The molecule has 0 aromatic carbocycles. The minimum atomic E-state index is -0.0840. The van der Waals surface area contributed by atoms with Gasteiger partial charge in [0.05, 0.1) is 5.60 Å². The van der Waals surface area contributed by atoms with Crippen LogP contribution < -0.4 is 5.32 Å². The Kier molecular flexibility index (Phi) is 6.30. The molecule has 1 N–H and O–H groups in total. The highest BCUT2D eigenvalue weighted by atomic mass is 16.5. The second kappa shape index (κ2) is 7.49. The van der Waals surface area contributed by atoms with Crippen molar-refractivity contribution < 1.29 is 4.74 Å². The van der Waals surface area contributed by atoms with Crippen LogP contribution >= 0.6 is 0 Å². The molecule has 102 valence electrons. The molecule has 18 heavy (non-hydrogen) atoms. The van der Waals surface area contributed by atoms with Crippen LogP contribution in [0.3, 0.4) is 0 Å². The molecule has 0 aliphatic rings. The van der Waals surface area contributed by atoms with E-state index in [9.17, 15) is 0 Å². The molecule has 0 radical (unpaired) electrons. The van der Waals surface area contributed by atoms with Crippen LogP contribution in [-0.4, -0.2) is 30.3 Å². The average Bonchev–Trinajstić information content (AvgIpc) is 2.44. The van der Waals surface area contributed by atoms with Crippen molar-refractivity contribution in [2.75, 3.05) is 13.7 Å². The van der Waals surface area contributed by atoms with Crippen LogP contribution in [0.4, 0.5) is 0 Å². The van der Waals surface area contributed by atoms with E-state index in [-0.39, 0.29) is 5.60 Å². The first kappa shape index (κ1) is 15.1. The van der Waals surface area contributed by atoms with E-state index in [4.69, 9.17) is 4.74 Å². The summed E-state index contributed by atoms with van der Waals surface area (Å²) in [6, 6.07) is 4.43. The zero-order valence-electron chi connectivity index (χ0n) is 12.1. The summed E-state index contributed by atoms with van der Waals surface area (Å²) < 4.78 is 6.07. The van der Waals surface area contributed by atoms with E-state index in [0.29, 0.717) is 6.04 Å². The largest absolute Gasteiger partial charge is 0.374 e. The maximum absolute atomic E-state index is 6.07. The first-order chi connectivity index (χ1) is 8.72. The summed E-state index contributed by atoms with van der Waals surface area (Å²) in [4.78, 5) is 4.18. The lowest BCUT2D eigenvalue weighted by molar-refractivity contribution is -0.0703. The van der Waals surface area contributed by atoms with Gasteiger partial charge in [-0.1, -0.05) is 19.9 Å². The van der Waals surface area contributed by atoms with Gasteiger partial charge in [-0.3, -0.25) is 4.98 Å². The number of ether oxygens (including phenoxy) is 1. The molecule has 3 heteroatoms. The average molecular weight is 250 g/mol. The molecule has 0 amide bonds. The number of hydrogen-bond donors (Lipinski definition) is 1. The molecule has 1 atom stereocenters. The van der Waals surface area contributed by atoms with Gasteiger partial charge in [-0.15, -0.1) is 0 Å². The molecule has 0 saturated heterocycles. The number of nitrogens with one attached hydrogen (secondary N) is 1. The van der Waals surface area contributed by atoms with E-state index >= 15 is 0 Å². The standard InChI is InChI=1S/C15H26N2O/c1-5-15(6-2,18-7-3)14(16-4)11-13-9-8-10-17-12-13/h8-10,12,14,16H,5-7,11H2,1-4H3. The van der Waals surface area contributed by atoms with E-state index in [1.54, 1.807) is 0 Å². The van der Waals surface area contributed by atoms with E-state index in [1.807, 2.05) is 25.5 Å². The number of likely N-dealkylation sites (N-methyl/N-ethyl adjacent to an activating group) is 1. The summed E-state index contributed by atoms with van der Waals surface area (Å²) in [6.07, 6.45) is 6.73. The van der Waals surface area contributed by atoms with Gasteiger partial charge in [0.2, 0.25) is 0 Å². The fourth-order valence-corrected chi connectivity index (χ4v) is 2.64. The number of pyridine rings is 1. The van der Waals surface area contributed by atoms with Crippen LogP contribution in [0, 0.1) is 0 Å². The van der Waals surface area contributed by atoms with E-state index in [2.05, 4.69) is 37.1 Å². The predicted octanol–water partition coefficient (Wildman–Crippen LogP) is 2.81. The van der Waals surface area contributed by atoms with Gasteiger partial charge < -0.3 is 10.1 Å². The molecule has 0 saturated carbocycles. The first-order valence-corrected chi connectivity index (χ1v) is 6.92. The summed E-state index contributed by atoms with van der Waals surface area (Å²) in [5.41, 5.74) is 1.17. The molecular formula is C15H26N2O. The highest BCUT2D eigenvalue weighted by molar-refractivity contribution is 5.12. The van der Waals surface area contributed by atoms with Crippen molar-refractivity contribution in [1.29, 1.82) is 0 Å². The topological polar surface area (TPSA) is 34.1 Å². The maximum atomic E-state index is 6.07. The van der Waals surface area contributed by atoms with Crippen molar-refractivity contribution in [2.24, 2.45) is 0 Å². The number of nitrogens with zero attached hydrogens (tertiary/aromatic N) is 1. The molecule has 0 fully saturated rings. The molecule has 1 aromatic rings. The number of aromatic nitrogens is 1. The highest BCUT2D eigenvalue weighted by Crippen LogP contribution is 2.27. The van der Waals surface area contributed by atoms with Crippen LogP contribution in [0.25, 0.3) is 0 Å². The Morgan fingerprint density at radius 1 is 1.33 bits per heavy atom. The molecule has 0 bridgehead atoms. The third-order valence-corrected chi connectivity index (χ3v) is 3.77. The normalized spacial score (nSPS) is 13.6. The second-order valence-corrected chi connectivity index (χ2v) is 4.61. The minimum Gasteiger partial charge on any atom is -0.374 e. The fraction of sp³-hybridized carbons (Fsp3) is 0.667. The van der Waals surface area contributed by atoms with Crippen molar-refractivity contribution in [3.8, 4) is 0 Å². The monoisotopic (exact) mass is 250 g/mol. The van der Waals surface area contributed by atoms with Crippen molar-refractivity contribution in [2.45, 2.75) is 51.7 Å². The smallest absolute Gasteiger partial charge is 0.0832 e. The maximum Gasteiger partial charge on any atom is 0.0832 e. The van der Waals surface area contributed by atoms with Gasteiger partial charge in [0.15, 0.2) is 0 Å². The molecular weight excluding hydrogens is 224 g/mol. The third-order valence-electron chi connectivity index (χ3n) is 3.77. The first-order valence-electron chi connectivity index (χ1n) is 6.92. The molecule has 3 nitrogen and oxygen atoms in total. The van der Waals surface area contributed by atoms with Crippen LogP contribution in [0.5, 0.6) is 0 Å². The molecule has 1 heterocycles. The lowest BCUT2D eigenvalue weighted by Gasteiger charge is -2.39. The Morgan fingerprint density at radius 2 is 2.06 bits per heavy atom. The molecule has 0 aliphatic carbocycles. The summed E-state index contributed by atoms with van der Waals surface area (Å²) in [7, 11) is 2.01. The Bertz CT molecular complexity index is 323. The Labute approximate surface area is 111 Å². The quantitative estimate of drug-likeness (QED) is 0.770. The lowest BCUT2D eigenvalue weighted by Crippen LogP contribution is -2.52. The molecule has 0 spiro atoms. The third kappa shape index (κ3) is 3.53. The van der Waals surface area contributed by atoms with Gasteiger partial charge in [0.25, 0.3) is 0 Å². The van der Waals surface area contributed by atoms with Gasteiger partial charge in [0, 0.05) is 25.0 Å². The van der Waals surface area contributed by atoms with Gasteiger partial charge in [-0.25, -0.2) is 0 Å². The van der Waals surface area contributed by atoms with Gasteiger partial charge in [-0.05, 0) is 44.9 Å². The molecule has 0 aliphatic heterocycles. The van der Waals surface area contributed by atoms with Crippen molar-refractivity contribution in [1.82, 2.24) is 10.3 Å².